The zero-order valence-electron chi connectivity index (χ0n) is 17.6. The molecule has 1 N–H and O–H groups in total. The van der Waals surface area contributed by atoms with Crippen LogP contribution in [0.4, 0.5) is 15.8 Å². The van der Waals surface area contributed by atoms with Gasteiger partial charge in [0.15, 0.2) is 0 Å². The highest BCUT2D eigenvalue weighted by Crippen LogP contribution is 2.25. The third-order valence-corrected chi connectivity index (χ3v) is 5.72. The molecule has 32 heavy (non-hydrogen) atoms. The lowest BCUT2D eigenvalue weighted by Gasteiger charge is -2.26. The van der Waals surface area contributed by atoms with E-state index in [0.29, 0.717) is 12.1 Å². The number of piperidine rings is 1. The molecule has 0 spiro atoms. The van der Waals surface area contributed by atoms with Gasteiger partial charge < -0.3 is 15.1 Å². The predicted molar refractivity (Wildman–Crippen MR) is 119 cm³/mol. The Kier molecular flexibility index (Phi) is 6.50. The van der Waals surface area contributed by atoms with Crippen molar-refractivity contribution in [2.24, 2.45) is 5.92 Å². The van der Waals surface area contributed by atoms with Crippen molar-refractivity contribution in [2.45, 2.75) is 25.7 Å². The highest BCUT2D eigenvalue weighted by molar-refractivity contribution is 6.00. The Labute approximate surface area is 186 Å². The number of anilines is 2. The van der Waals surface area contributed by atoms with E-state index in [1.165, 1.54) is 29.2 Å². The average molecular weight is 433 g/mol. The second-order valence-corrected chi connectivity index (χ2v) is 7.95. The largest absolute Gasteiger partial charge is 0.345 e. The molecule has 2 aliphatic heterocycles. The van der Waals surface area contributed by atoms with Gasteiger partial charge in [-0.2, -0.15) is 0 Å². The minimum Gasteiger partial charge on any atom is -0.345 e. The Balaban J connectivity index is 1.28. The van der Waals surface area contributed by atoms with Crippen molar-refractivity contribution in [3.05, 3.63) is 59.9 Å². The summed E-state index contributed by atoms with van der Waals surface area (Å²) >= 11 is 0. The van der Waals surface area contributed by atoms with E-state index in [0.717, 1.165) is 30.6 Å². The van der Waals surface area contributed by atoms with E-state index in [1.54, 1.807) is 4.90 Å². The van der Waals surface area contributed by atoms with Gasteiger partial charge in [-0.1, -0.05) is 11.8 Å². The molecule has 2 fully saturated rings. The molecule has 1 atom stereocenters. The second kappa shape index (κ2) is 9.65. The van der Waals surface area contributed by atoms with Gasteiger partial charge in [0.25, 0.3) is 0 Å². The van der Waals surface area contributed by atoms with E-state index >= 15 is 0 Å². The fourth-order valence-corrected chi connectivity index (χ4v) is 3.98. The van der Waals surface area contributed by atoms with Crippen molar-refractivity contribution in [3.8, 4) is 11.8 Å². The monoisotopic (exact) mass is 433 g/mol. The first kappa shape index (κ1) is 21.6. The SMILES string of the molecule is O=C(NCC#Cc1ccc(N2CCCCC2=O)cc1)C1CC(=O)N(c2ccc(F)cc2)C1. The zero-order valence-corrected chi connectivity index (χ0v) is 17.6. The highest BCUT2D eigenvalue weighted by atomic mass is 19.1. The number of carbonyl (C=O) groups is 3. The summed E-state index contributed by atoms with van der Waals surface area (Å²) in [5.41, 5.74) is 2.26. The van der Waals surface area contributed by atoms with Crippen LogP contribution >= 0.6 is 0 Å². The van der Waals surface area contributed by atoms with Crippen LogP contribution in [0.2, 0.25) is 0 Å². The van der Waals surface area contributed by atoms with E-state index in [2.05, 4.69) is 17.2 Å². The van der Waals surface area contributed by atoms with Crippen LogP contribution in [0.5, 0.6) is 0 Å². The normalized spacial score (nSPS) is 18.3. The number of carbonyl (C=O) groups excluding carboxylic acids is 3. The first-order valence-corrected chi connectivity index (χ1v) is 10.7. The number of amides is 3. The molecule has 2 aromatic carbocycles. The van der Waals surface area contributed by atoms with E-state index in [-0.39, 0.29) is 43.0 Å². The standard InChI is InChI=1S/C25H24FN3O3/c26-20-8-12-22(13-9-20)29-17-19(16-24(29)31)25(32)27-14-3-4-18-6-10-21(11-7-18)28-15-2-1-5-23(28)30/h6-13,19H,1-2,5,14-17H2,(H,27,32). The number of rotatable bonds is 4. The quantitative estimate of drug-likeness (QED) is 0.754. The molecule has 0 aromatic heterocycles. The molecule has 0 radical (unpaired) electrons. The minimum absolute atomic E-state index is 0.118. The Morgan fingerprint density at radius 1 is 0.969 bits per heavy atom. The molecule has 1 unspecified atom stereocenters. The Hall–Kier alpha value is -3.66. The third-order valence-electron chi connectivity index (χ3n) is 5.72. The van der Waals surface area contributed by atoms with Crippen molar-refractivity contribution < 1.29 is 18.8 Å². The summed E-state index contributed by atoms with van der Waals surface area (Å²) in [4.78, 5) is 40.0. The summed E-state index contributed by atoms with van der Waals surface area (Å²) in [5.74, 6) is 4.86. The summed E-state index contributed by atoms with van der Waals surface area (Å²) < 4.78 is 13.1. The van der Waals surface area contributed by atoms with Crippen LogP contribution in [0.3, 0.4) is 0 Å². The molecule has 2 saturated heterocycles. The first-order valence-electron chi connectivity index (χ1n) is 10.7. The molecule has 0 aliphatic carbocycles. The van der Waals surface area contributed by atoms with Crippen LogP contribution in [-0.2, 0) is 14.4 Å². The summed E-state index contributed by atoms with van der Waals surface area (Å²) in [6, 6.07) is 13.2. The van der Waals surface area contributed by atoms with Gasteiger partial charge in [0, 0.05) is 42.9 Å². The number of hydrogen-bond donors (Lipinski definition) is 1. The molecule has 7 heteroatoms. The lowest BCUT2D eigenvalue weighted by Crippen LogP contribution is -2.35. The maximum absolute atomic E-state index is 13.1. The molecular weight excluding hydrogens is 409 g/mol. The van der Waals surface area contributed by atoms with Crippen LogP contribution in [0.25, 0.3) is 0 Å². The van der Waals surface area contributed by atoms with Crippen molar-refractivity contribution in [3.63, 3.8) is 0 Å². The van der Waals surface area contributed by atoms with Gasteiger partial charge in [0.1, 0.15) is 5.82 Å². The molecule has 0 saturated carbocycles. The summed E-state index contributed by atoms with van der Waals surface area (Å²) in [6.45, 7) is 1.19. The van der Waals surface area contributed by atoms with Gasteiger partial charge in [0.2, 0.25) is 17.7 Å². The Morgan fingerprint density at radius 2 is 1.66 bits per heavy atom. The van der Waals surface area contributed by atoms with Crippen molar-refractivity contribution in [1.82, 2.24) is 5.32 Å². The van der Waals surface area contributed by atoms with Crippen LogP contribution in [0.15, 0.2) is 48.5 Å². The molecule has 6 nitrogen and oxygen atoms in total. The molecule has 3 amide bonds. The van der Waals surface area contributed by atoms with Gasteiger partial charge in [-0.3, -0.25) is 14.4 Å². The number of nitrogens with zero attached hydrogens (tertiary/aromatic N) is 2. The molecular formula is C25H24FN3O3. The molecule has 4 rings (SSSR count). The Bertz CT molecular complexity index is 1070. The summed E-state index contributed by atoms with van der Waals surface area (Å²) in [6.07, 6.45) is 2.67. The molecule has 0 bridgehead atoms. The van der Waals surface area contributed by atoms with E-state index < -0.39 is 5.92 Å². The summed E-state index contributed by atoms with van der Waals surface area (Å²) in [5, 5.41) is 2.76. The maximum atomic E-state index is 13.1. The van der Waals surface area contributed by atoms with E-state index in [4.69, 9.17) is 0 Å². The zero-order chi connectivity index (χ0) is 22.5. The van der Waals surface area contributed by atoms with E-state index in [1.807, 2.05) is 24.3 Å². The van der Waals surface area contributed by atoms with Crippen molar-refractivity contribution in [1.29, 1.82) is 0 Å². The lowest BCUT2D eigenvalue weighted by atomic mass is 10.1. The second-order valence-electron chi connectivity index (χ2n) is 7.95. The topological polar surface area (TPSA) is 69.7 Å². The maximum Gasteiger partial charge on any atom is 0.227 e. The van der Waals surface area contributed by atoms with Crippen LogP contribution < -0.4 is 15.1 Å². The lowest BCUT2D eigenvalue weighted by molar-refractivity contribution is -0.126. The molecule has 2 heterocycles. The number of benzene rings is 2. The van der Waals surface area contributed by atoms with Gasteiger partial charge in [-0.05, 0) is 61.4 Å². The number of nitrogens with one attached hydrogen (secondary N) is 1. The van der Waals surface area contributed by atoms with Gasteiger partial charge in [0.05, 0.1) is 12.5 Å². The fraction of sp³-hybridized carbons (Fsp3) is 0.320. The van der Waals surface area contributed by atoms with Crippen LogP contribution in [0, 0.1) is 23.6 Å². The van der Waals surface area contributed by atoms with E-state index in [9.17, 15) is 18.8 Å². The average Bonchev–Trinajstić information content (AvgIpc) is 3.20. The smallest absolute Gasteiger partial charge is 0.227 e. The van der Waals surface area contributed by atoms with Crippen LogP contribution in [0.1, 0.15) is 31.2 Å². The summed E-state index contributed by atoms with van der Waals surface area (Å²) in [7, 11) is 0. The molecule has 164 valence electrons. The van der Waals surface area contributed by atoms with Gasteiger partial charge in [-0.15, -0.1) is 0 Å². The van der Waals surface area contributed by atoms with Crippen molar-refractivity contribution >= 4 is 29.1 Å². The fourth-order valence-electron chi connectivity index (χ4n) is 3.98. The number of halogens is 1. The Morgan fingerprint density at radius 3 is 2.38 bits per heavy atom. The van der Waals surface area contributed by atoms with Crippen LogP contribution in [-0.4, -0.2) is 37.4 Å². The minimum atomic E-state index is -0.462. The number of hydrogen-bond acceptors (Lipinski definition) is 3. The van der Waals surface area contributed by atoms with Gasteiger partial charge in [-0.25, -0.2) is 4.39 Å². The third kappa shape index (κ3) is 4.97. The van der Waals surface area contributed by atoms with Gasteiger partial charge >= 0.3 is 0 Å². The first-order chi connectivity index (χ1) is 15.5. The molecule has 2 aromatic rings. The highest BCUT2D eigenvalue weighted by Gasteiger charge is 2.34. The molecule has 2 aliphatic rings. The van der Waals surface area contributed by atoms with Crippen molar-refractivity contribution in [2.75, 3.05) is 29.4 Å². The predicted octanol–water partition coefficient (Wildman–Crippen LogP) is 2.86.